The number of hydrogen-bond donors (Lipinski definition) is 3. The van der Waals surface area contributed by atoms with Crippen LogP contribution in [0.15, 0.2) is 35.0 Å². The highest BCUT2D eigenvalue weighted by Gasteiger charge is 2.17. The predicted octanol–water partition coefficient (Wildman–Crippen LogP) is 3.51. The number of nitrogens with two attached hydrogens (primary N) is 1. The number of ether oxygens (including phenoxy) is 1. The Balaban J connectivity index is 1.66. The maximum absolute atomic E-state index is 11.8. The first kappa shape index (κ1) is 19.1. The summed E-state index contributed by atoms with van der Waals surface area (Å²) in [5.41, 5.74) is 7.56. The number of anilines is 4. The van der Waals surface area contributed by atoms with Gasteiger partial charge in [0.15, 0.2) is 11.5 Å². The van der Waals surface area contributed by atoms with E-state index >= 15 is 0 Å². The van der Waals surface area contributed by atoms with Crippen molar-refractivity contribution in [2.45, 2.75) is 33.3 Å². The minimum atomic E-state index is -0.563. The first-order valence-electron chi connectivity index (χ1n) is 8.50. The molecule has 2 heterocycles. The number of nitrogens with one attached hydrogen (secondary N) is 2. The topological polar surface area (TPSA) is 141 Å². The zero-order valence-electron chi connectivity index (χ0n) is 16.0. The summed E-state index contributed by atoms with van der Waals surface area (Å²) in [6, 6.07) is 6.95. The van der Waals surface area contributed by atoms with Gasteiger partial charge in [0.2, 0.25) is 0 Å². The molecular formula is C18H21N7O3. The van der Waals surface area contributed by atoms with E-state index in [4.69, 9.17) is 15.0 Å². The van der Waals surface area contributed by atoms with Gasteiger partial charge >= 0.3 is 6.09 Å². The highest BCUT2D eigenvalue weighted by molar-refractivity contribution is 5.85. The van der Waals surface area contributed by atoms with Gasteiger partial charge in [0.25, 0.3) is 11.8 Å². The Bertz CT molecular complexity index is 978. The fourth-order valence-corrected chi connectivity index (χ4v) is 2.20. The number of aromatic nitrogens is 4. The van der Waals surface area contributed by atoms with Crippen LogP contribution in [-0.4, -0.2) is 31.8 Å². The molecule has 0 unspecified atom stereocenters. The first-order valence-corrected chi connectivity index (χ1v) is 8.50. The third-order valence-corrected chi connectivity index (χ3v) is 3.34. The Labute approximate surface area is 161 Å². The molecule has 1 aromatic carbocycles. The fourth-order valence-electron chi connectivity index (χ4n) is 2.20. The second-order valence-corrected chi connectivity index (χ2v) is 7.00. The molecular weight excluding hydrogens is 362 g/mol. The standard InChI is InChI=1S/C18H21N7O3/c1-10-9-20-14(19)13(21-10)15-24-16(25-28-15)22-11-5-7-12(8-6-11)23-17(26)27-18(2,3)4/h5-9H,1-4H3,(H2,19,20)(H,22,25)(H,23,26). The molecule has 0 radical (unpaired) electrons. The number of carbonyl (C=O) groups excluding carboxylic acids is 1. The van der Waals surface area contributed by atoms with Crippen molar-refractivity contribution in [1.82, 2.24) is 20.1 Å². The maximum atomic E-state index is 11.8. The van der Waals surface area contributed by atoms with Gasteiger partial charge in [-0.3, -0.25) is 5.32 Å². The Morgan fingerprint density at radius 2 is 1.82 bits per heavy atom. The van der Waals surface area contributed by atoms with E-state index in [1.807, 2.05) is 0 Å². The van der Waals surface area contributed by atoms with E-state index in [0.717, 1.165) is 0 Å². The van der Waals surface area contributed by atoms with Gasteiger partial charge < -0.3 is 20.3 Å². The predicted molar refractivity (Wildman–Crippen MR) is 104 cm³/mol. The fraction of sp³-hybridized carbons (Fsp3) is 0.278. The molecule has 0 atom stereocenters. The largest absolute Gasteiger partial charge is 0.444 e. The molecule has 0 aliphatic rings. The van der Waals surface area contributed by atoms with E-state index < -0.39 is 11.7 Å². The van der Waals surface area contributed by atoms with Gasteiger partial charge in [0, 0.05) is 11.4 Å². The highest BCUT2D eigenvalue weighted by Crippen LogP contribution is 2.23. The molecule has 0 fully saturated rings. The van der Waals surface area contributed by atoms with Crippen LogP contribution in [0.1, 0.15) is 26.5 Å². The van der Waals surface area contributed by atoms with Gasteiger partial charge in [0.05, 0.1) is 11.9 Å². The highest BCUT2D eigenvalue weighted by atomic mass is 16.6. The molecule has 1 amide bonds. The van der Waals surface area contributed by atoms with E-state index in [1.165, 1.54) is 0 Å². The van der Waals surface area contributed by atoms with Crippen LogP contribution in [0.4, 0.5) is 27.9 Å². The minimum Gasteiger partial charge on any atom is -0.444 e. The second-order valence-electron chi connectivity index (χ2n) is 7.00. The van der Waals surface area contributed by atoms with E-state index in [2.05, 4.69) is 30.7 Å². The number of benzene rings is 1. The third-order valence-electron chi connectivity index (χ3n) is 3.34. The molecule has 0 bridgehead atoms. The Kier molecular flexibility index (Phi) is 5.12. The quantitative estimate of drug-likeness (QED) is 0.617. The number of carbonyl (C=O) groups is 1. The van der Waals surface area contributed by atoms with Gasteiger partial charge in [-0.2, -0.15) is 4.98 Å². The summed E-state index contributed by atoms with van der Waals surface area (Å²) in [6.45, 7) is 7.19. The van der Waals surface area contributed by atoms with Crippen LogP contribution in [0.2, 0.25) is 0 Å². The van der Waals surface area contributed by atoms with Crippen molar-refractivity contribution < 1.29 is 14.1 Å². The van der Waals surface area contributed by atoms with Gasteiger partial charge in [-0.15, -0.1) is 0 Å². The summed E-state index contributed by atoms with van der Waals surface area (Å²) in [4.78, 5) is 24.3. The monoisotopic (exact) mass is 383 g/mol. The number of aryl methyl sites for hydroxylation is 1. The van der Waals surface area contributed by atoms with Crippen LogP contribution >= 0.6 is 0 Å². The molecule has 0 saturated heterocycles. The lowest BCUT2D eigenvalue weighted by Gasteiger charge is -2.19. The van der Waals surface area contributed by atoms with Crippen LogP contribution in [0.25, 0.3) is 11.6 Å². The van der Waals surface area contributed by atoms with E-state index in [9.17, 15) is 4.79 Å². The lowest BCUT2D eigenvalue weighted by atomic mass is 10.2. The summed E-state index contributed by atoms with van der Waals surface area (Å²) in [7, 11) is 0. The molecule has 3 rings (SSSR count). The number of nitrogens with zero attached hydrogens (tertiary/aromatic N) is 4. The zero-order valence-corrected chi connectivity index (χ0v) is 16.0. The average Bonchev–Trinajstić information content (AvgIpc) is 3.05. The SMILES string of the molecule is Cc1cnc(N)c(-c2nc(Nc3ccc(NC(=O)OC(C)(C)C)cc3)no2)n1. The molecule has 0 saturated carbocycles. The van der Waals surface area contributed by atoms with Gasteiger partial charge in [-0.25, -0.2) is 14.8 Å². The van der Waals surface area contributed by atoms with Crippen molar-refractivity contribution in [3.05, 3.63) is 36.2 Å². The number of nitrogen functional groups attached to an aromatic ring is 1. The smallest absolute Gasteiger partial charge is 0.412 e. The second kappa shape index (κ2) is 7.51. The van der Waals surface area contributed by atoms with E-state index in [-0.39, 0.29) is 17.7 Å². The Morgan fingerprint density at radius 1 is 1.14 bits per heavy atom. The third kappa shape index (κ3) is 4.93. The molecule has 0 aliphatic carbocycles. The van der Waals surface area contributed by atoms with E-state index in [1.54, 1.807) is 58.2 Å². The Morgan fingerprint density at radius 3 is 2.50 bits per heavy atom. The maximum Gasteiger partial charge on any atom is 0.412 e. The van der Waals surface area contributed by atoms with Crippen molar-refractivity contribution >= 4 is 29.2 Å². The number of rotatable bonds is 4. The van der Waals surface area contributed by atoms with Crippen LogP contribution in [0.3, 0.4) is 0 Å². The van der Waals surface area contributed by atoms with Crippen molar-refractivity contribution in [2.75, 3.05) is 16.4 Å². The summed E-state index contributed by atoms with van der Waals surface area (Å²) < 4.78 is 10.4. The summed E-state index contributed by atoms with van der Waals surface area (Å²) >= 11 is 0. The molecule has 146 valence electrons. The molecule has 0 spiro atoms. The van der Waals surface area contributed by atoms with Crippen LogP contribution in [0.5, 0.6) is 0 Å². The molecule has 4 N–H and O–H groups in total. The summed E-state index contributed by atoms with van der Waals surface area (Å²) in [5, 5.41) is 9.52. The molecule has 10 nitrogen and oxygen atoms in total. The average molecular weight is 383 g/mol. The number of hydrogen-bond acceptors (Lipinski definition) is 9. The summed E-state index contributed by atoms with van der Waals surface area (Å²) in [5.74, 6) is 0.614. The van der Waals surface area contributed by atoms with Gasteiger partial charge in [-0.1, -0.05) is 0 Å². The molecule has 3 aromatic rings. The molecule has 10 heteroatoms. The van der Waals surface area contributed by atoms with Crippen LogP contribution in [0, 0.1) is 6.92 Å². The first-order chi connectivity index (χ1) is 13.2. The van der Waals surface area contributed by atoms with Crippen molar-refractivity contribution in [3.63, 3.8) is 0 Å². The normalized spacial score (nSPS) is 11.1. The zero-order chi connectivity index (χ0) is 20.3. The lowest BCUT2D eigenvalue weighted by Crippen LogP contribution is -2.27. The van der Waals surface area contributed by atoms with Crippen LogP contribution < -0.4 is 16.4 Å². The molecule has 2 aromatic heterocycles. The van der Waals surface area contributed by atoms with E-state index in [0.29, 0.717) is 22.8 Å². The van der Waals surface area contributed by atoms with Gasteiger partial charge in [0.1, 0.15) is 5.60 Å². The summed E-state index contributed by atoms with van der Waals surface area (Å²) in [6.07, 6.45) is 1.04. The minimum absolute atomic E-state index is 0.166. The molecule has 28 heavy (non-hydrogen) atoms. The molecule has 0 aliphatic heterocycles. The van der Waals surface area contributed by atoms with Gasteiger partial charge in [-0.05, 0) is 57.1 Å². The lowest BCUT2D eigenvalue weighted by molar-refractivity contribution is 0.0636. The van der Waals surface area contributed by atoms with Crippen molar-refractivity contribution in [1.29, 1.82) is 0 Å². The van der Waals surface area contributed by atoms with Crippen molar-refractivity contribution in [2.24, 2.45) is 0 Å². The van der Waals surface area contributed by atoms with Crippen molar-refractivity contribution in [3.8, 4) is 11.6 Å². The number of amides is 1. The Hall–Kier alpha value is -3.69. The van der Waals surface area contributed by atoms with Crippen LogP contribution in [-0.2, 0) is 4.74 Å².